The van der Waals surface area contributed by atoms with Gasteiger partial charge in [-0.05, 0) is 30.5 Å². The summed E-state index contributed by atoms with van der Waals surface area (Å²) in [6, 6.07) is 8.34. The molecule has 8 nitrogen and oxygen atoms in total. The van der Waals surface area contributed by atoms with Crippen molar-refractivity contribution in [1.29, 1.82) is 0 Å². The van der Waals surface area contributed by atoms with Crippen LogP contribution in [0.1, 0.15) is 23.2 Å². The number of fused-ring (bicyclic) bond motifs is 1. The minimum absolute atomic E-state index is 0.0951. The first-order valence-corrected chi connectivity index (χ1v) is 12.6. The largest absolute Gasteiger partial charge is 0.383 e. The molecule has 5 rings (SSSR count). The highest BCUT2D eigenvalue weighted by molar-refractivity contribution is 6.36. The highest BCUT2D eigenvalue weighted by Crippen LogP contribution is 2.37. The molecular weight excluding hydrogens is 466 g/mol. The van der Waals surface area contributed by atoms with Crippen LogP contribution < -0.4 is 5.32 Å². The number of morpholine rings is 1. The summed E-state index contributed by atoms with van der Waals surface area (Å²) >= 11 is 6.46. The van der Waals surface area contributed by atoms with Crippen molar-refractivity contribution in [3.63, 3.8) is 0 Å². The van der Waals surface area contributed by atoms with Gasteiger partial charge in [0, 0.05) is 69.4 Å². The summed E-state index contributed by atoms with van der Waals surface area (Å²) in [7, 11) is 1.68. The quantitative estimate of drug-likeness (QED) is 0.482. The van der Waals surface area contributed by atoms with Crippen molar-refractivity contribution in [2.75, 3.05) is 65.0 Å². The number of rotatable bonds is 7. The zero-order chi connectivity index (χ0) is 24.2. The number of nitrogens with one attached hydrogen (secondary N) is 2. The number of ether oxygens (including phenoxy) is 2. The number of hydrogen-bond donors (Lipinski definition) is 2. The fourth-order valence-corrected chi connectivity index (χ4v) is 5.33. The number of carbonyl (C=O) groups is 1. The second-order valence-corrected chi connectivity index (χ2v) is 9.48. The molecule has 0 atom stereocenters. The number of hydrogen-bond acceptors (Lipinski definition) is 6. The number of H-pyrrole nitrogens is 1. The third kappa shape index (κ3) is 5.16. The Morgan fingerprint density at radius 1 is 1.20 bits per heavy atom. The first kappa shape index (κ1) is 24.1. The Kier molecular flexibility index (Phi) is 7.53. The fraction of sp³-hybridized carbons (Fsp3) is 0.462. The molecule has 186 valence electrons. The van der Waals surface area contributed by atoms with Crippen molar-refractivity contribution in [3.8, 4) is 11.1 Å². The lowest BCUT2D eigenvalue weighted by molar-refractivity contribution is 0.00159. The summed E-state index contributed by atoms with van der Waals surface area (Å²) in [5, 5.41) is 4.91. The number of aromatic nitrogens is 2. The van der Waals surface area contributed by atoms with E-state index < -0.39 is 0 Å². The normalized spacial score (nSPS) is 17.7. The van der Waals surface area contributed by atoms with Crippen LogP contribution in [0.25, 0.3) is 22.2 Å². The second kappa shape index (κ2) is 11.0. The van der Waals surface area contributed by atoms with Crippen LogP contribution in [-0.4, -0.2) is 91.4 Å². The summed E-state index contributed by atoms with van der Waals surface area (Å²) in [4.78, 5) is 25.3. The number of halogens is 1. The Labute approximate surface area is 210 Å². The number of aromatic amines is 1. The number of nitrogens with zero attached hydrogens (tertiary/aromatic N) is 3. The SMILES string of the molecule is COCCNc1c(-c2ccc(C(=O)N3CCC(N4CCOCC4)CC3)cc2)cnc2[nH]cc(Cl)c12. The van der Waals surface area contributed by atoms with Crippen molar-refractivity contribution >= 4 is 34.2 Å². The molecule has 2 N–H and O–H groups in total. The second-order valence-electron chi connectivity index (χ2n) is 9.08. The Balaban J connectivity index is 1.30. The molecule has 0 spiro atoms. The maximum Gasteiger partial charge on any atom is 0.253 e. The molecule has 0 aliphatic carbocycles. The van der Waals surface area contributed by atoms with Gasteiger partial charge in [-0.1, -0.05) is 23.7 Å². The van der Waals surface area contributed by atoms with E-state index in [4.69, 9.17) is 21.1 Å². The van der Waals surface area contributed by atoms with Gasteiger partial charge in [0.1, 0.15) is 5.65 Å². The van der Waals surface area contributed by atoms with Crippen LogP contribution in [0.3, 0.4) is 0 Å². The predicted molar refractivity (Wildman–Crippen MR) is 138 cm³/mol. The molecule has 35 heavy (non-hydrogen) atoms. The van der Waals surface area contributed by atoms with E-state index in [-0.39, 0.29) is 5.91 Å². The van der Waals surface area contributed by atoms with Crippen molar-refractivity contribution in [1.82, 2.24) is 19.8 Å². The summed E-state index contributed by atoms with van der Waals surface area (Å²) in [6.07, 6.45) is 5.61. The maximum absolute atomic E-state index is 13.2. The van der Waals surface area contributed by atoms with Gasteiger partial charge in [-0.15, -0.1) is 0 Å². The van der Waals surface area contributed by atoms with Gasteiger partial charge in [0.2, 0.25) is 0 Å². The molecule has 0 saturated carbocycles. The number of benzene rings is 1. The van der Waals surface area contributed by atoms with Crippen molar-refractivity contribution < 1.29 is 14.3 Å². The van der Waals surface area contributed by atoms with Gasteiger partial charge in [-0.3, -0.25) is 9.69 Å². The van der Waals surface area contributed by atoms with Gasteiger partial charge >= 0.3 is 0 Å². The van der Waals surface area contributed by atoms with E-state index in [0.717, 1.165) is 80.1 Å². The zero-order valence-corrected chi connectivity index (χ0v) is 20.8. The highest BCUT2D eigenvalue weighted by Gasteiger charge is 2.28. The Hall–Kier alpha value is -2.65. The number of pyridine rings is 1. The summed E-state index contributed by atoms with van der Waals surface area (Å²) < 4.78 is 10.7. The van der Waals surface area contributed by atoms with Crippen LogP contribution in [0.2, 0.25) is 5.02 Å². The number of amides is 1. The molecule has 1 aromatic carbocycles. The smallest absolute Gasteiger partial charge is 0.253 e. The minimum Gasteiger partial charge on any atom is -0.383 e. The van der Waals surface area contributed by atoms with E-state index in [9.17, 15) is 4.79 Å². The maximum atomic E-state index is 13.2. The molecule has 0 radical (unpaired) electrons. The highest BCUT2D eigenvalue weighted by atomic mass is 35.5. The number of piperidine rings is 1. The lowest BCUT2D eigenvalue weighted by atomic mass is 10.00. The molecule has 2 fully saturated rings. The van der Waals surface area contributed by atoms with Crippen molar-refractivity contribution in [2.45, 2.75) is 18.9 Å². The summed E-state index contributed by atoms with van der Waals surface area (Å²) in [5.41, 5.74) is 4.24. The standard InChI is InChI=1S/C26H32ClN5O3/c1-34-13-8-28-24-21(16-29-25-23(24)22(27)17-30-25)18-2-4-19(5-3-18)26(33)32-9-6-20(7-10-32)31-11-14-35-15-12-31/h2-5,16-17,20H,6-15H2,1H3,(H2,28,29,30). The molecule has 3 aromatic rings. The van der Waals surface area contributed by atoms with Crippen LogP contribution in [0.4, 0.5) is 5.69 Å². The summed E-state index contributed by atoms with van der Waals surface area (Å²) in [5.74, 6) is 0.0951. The van der Waals surface area contributed by atoms with Gasteiger partial charge in [0.15, 0.2) is 0 Å². The van der Waals surface area contributed by atoms with Gasteiger partial charge in [0.25, 0.3) is 5.91 Å². The van der Waals surface area contributed by atoms with Gasteiger partial charge in [-0.2, -0.15) is 0 Å². The third-order valence-corrected chi connectivity index (χ3v) is 7.32. The fourth-order valence-electron chi connectivity index (χ4n) is 5.09. The number of carbonyl (C=O) groups excluding carboxylic acids is 1. The minimum atomic E-state index is 0.0951. The van der Waals surface area contributed by atoms with E-state index >= 15 is 0 Å². The molecule has 2 saturated heterocycles. The van der Waals surface area contributed by atoms with E-state index in [1.807, 2.05) is 35.4 Å². The van der Waals surface area contributed by atoms with Crippen LogP contribution in [0.15, 0.2) is 36.7 Å². The van der Waals surface area contributed by atoms with E-state index in [1.165, 1.54) is 0 Å². The van der Waals surface area contributed by atoms with Crippen LogP contribution in [-0.2, 0) is 9.47 Å². The molecule has 2 aliphatic heterocycles. The Morgan fingerprint density at radius 2 is 1.94 bits per heavy atom. The molecule has 2 aromatic heterocycles. The average Bonchev–Trinajstić information content (AvgIpc) is 3.30. The molecule has 2 aliphatic rings. The number of anilines is 1. The van der Waals surface area contributed by atoms with E-state index in [1.54, 1.807) is 13.3 Å². The van der Waals surface area contributed by atoms with Crippen molar-refractivity contribution in [2.24, 2.45) is 0 Å². The van der Waals surface area contributed by atoms with E-state index in [0.29, 0.717) is 29.8 Å². The van der Waals surface area contributed by atoms with Crippen LogP contribution >= 0.6 is 11.6 Å². The van der Waals surface area contributed by atoms with Crippen molar-refractivity contribution in [3.05, 3.63) is 47.2 Å². The van der Waals surface area contributed by atoms with E-state index in [2.05, 4.69) is 20.2 Å². The molecule has 9 heteroatoms. The molecular formula is C26H32ClN5O3. The number of likely N-dealkylation sites (tertiary alicyclic amines) is 1. The molecule has 0 unspecified atom stereocenters. The topological polar surface area (TPSA) is 82.7 Å². The molecule has 4 heterocycles. The van der Waals surface area contributed by atoms with Gasteiger partial charge < -0.3 is 24.7 Å². The monoisotopic (exact) mass is 497 g/mol. The van der Waals surface area contributed by atoms with Crippen LogP contribution in [0.5, 0.6) is 0 Å². The predicted octanol–water partition coefficient (Wildman–Crippen LogP) is 3.88. The molecule has 0 bridgehead atoms. The Bertz CT molecular complexity index is 1150. The first-order valence-electron chi connectivity index (χ1n) is 12.3. The first-order chi connectivity index (χ1) is 17.2. The lowest BCUT2D eigenvalue weighted by Gasteiger charge is -2.40. The number of methoxy groups -OCH3 is 1. The Morgan fingerprint density at radius 3 is 2.66 bits per heavy atom. The average molecular weight is 498 g/mol. The summed E-state index contributed by atoms with van der Waals surface area (Å²) in [6.45, 7) is 6.42. The van der Waals surface area contributed by atoms with Gasteiger partial charge in [0.05, 0.1) is 35.9 Å². The zero-order valence-electron chi connectivity index (χ0n) is 20.1. The molecule has 1 amide bonds. The lowest BCUT2D eigenvalue weighted by Crippen LogP contribution is -2.50. The van der Waals surface area contributed by atoms with Crippen LogP contribution in [0, 0.1) is 0 Å². The third-order valence-electron chi connectivity index (χ3n) is 7.02. The van der Waals surface area contributed by atoms with Gasteiger partial charge in [-0.25, -0.2) is 4.98 Å².